The molecule has 22 heavy (non-hydrogen) atoms. The van der Waals surface area contributed by atoms with Crippen molar-refractivity contribution in [1.29, 1.82) is 0 Å². The molecular formula is C15H20N2O3S2. The van der Waals surface area contributed by atoms with Crippen molar-refractivity contribution in [1.82, 2.24) is 4.57 Å². The fourth-order valence-corrected chi connectivity index (χ4v) is 4.48. The summed E-state index contributed by atoms with van der Waals surface area (Å²) in [4.78, 5) is 1.61. The lowest BCUT2D eigenvalue weighted by molar-refractivity contribution is 0.475. The standard InChI is InChI=1S/C15H20N2O3S2/c1-10-13(15(2,3)4)21-14(17(10)5)16-22(19,20)12-8-6-11(18)7-9-12/h6-9,18H,1-5H3/b16-14-. The number of aromatic nitrogens is 1. The lowest BCUT2D eigenvalue weighted by Gasteiger charge is -2.17. The molecule has 0 fully saturated rings. The first kappa shape index (κ1) is 16.8. The lowest BCUT2D eigenvalue weighted by atomic mass is 9.93. The Hall–Kier alpha value is -1.60. The number of phenols is 1. The molecule has 0 atom stereocenters. The van der Waals surface area contributed by atoms with Gasteiger partial charge in [-0.1, -0.05) is 20.8 Å². The van der Waals surface area contributed by atoms with Gasteiger partial charge in [0.15, 0.2) is 0 Å². The first-order chi connectivity index (χ1) is 10.0. The van der Waals surface area contributed by atoms with Gasteiger partial charge in [-0.05, 0) is 36.6 Å². The molecule has 120 valence electrons. The quantitative estimate of drug-likeness (QED) is 0.913. The molecule has 0 aliphatic carbocycles. The molecule has 0 amide bonds. The van der Waals surface area contributed by atoms with E-state index in [1.807, 2.05) is 14.0 Å². The summed E-state index contributed by atoms with van der Waals surface area (Å²) in [5.41, 5.74) is 0.944. The normalized spacial score (nSPS) is 13.6. The smallest absolute Gasteiger partial charge is 0.285 e. The van der Waals surface area contributed by atoms with Gasteiger partial charge in [0.05, 0.1) is 4.90 Å². The number of aromatic hydroxyl groups is 1. The maximum atomic E-state index is 12.4. The molecule has 5 nitrogen and oxygen atoms in total. The van der Waals surface area contributed by atoms with Crippen LogP contribution < -0.4 is 4.80 Å². The molecule has 7 heteroatoms. The molecule has 0 saturated heterocycles. The fourth-order valence-electron chi connectivity index (χ4n) is 2.08. The van der Waals surface area contributed by atoms with E-state index >= 15 is 0 Å². The van der Waals surface area contributed by atoms with Crippen LogP contribution in [0.4, 0.5) is 0 Å². The molecule has 0 aliphatic heterocycles. The zero-order valence-corrected chi connectivity index (χ0v) is 14.9. The average Bonchev–Trinajstić information content (AvgIpc) is 2.67. The number of rotatable bonds is 2. The van der Waals surface area contributed by atoms with E-state index in [0.717, 1.165) is 10.6 Å². The molecule has 2 aromatic rings. The second-order valence-electron chi connectivity index (χ2n) is 6.17. The van der Waals surface area contributed by atoms with Crippen molar-refractivity contribution in [3.05, 3.63) is 39.6 Å². The predicted molar refractivity (Wildman–Crippen MR) is 87.6 cm³/mol. The Bertz CT molecular complexity index is 852. The average molecular weight is 340 g/mol. The van der Waals surface area contributed by atoms with Crippen LogP contribution in [0.1, 0.15) is 31.3 Å². The molecule has 1 heterocycles. The van der Waals surface area contributed by atoms with Gasteiger partial charge in [-0.2, -0.15) is 8.42 Å². The molecule has 1 aromatic carbocycles. The van der Waals surface area contributed by atoms with Crippen molar-refractivity contribution in [2.24, 2.45) is 11.4 Å². The summed E-state index contributed by atoms with van der Waals surface area (Å²) in [6, 6.07) is 5.36. The van der Waals surface area contributed by atoms with Crippen LogP contribution >= 0.6 is 11.3 Å². The van der Waals surface area contributed by atoms with Crippen LogP contribution in [0, 0.1) is 6.92 Å². The highest BCUT2D eigenvalue weighted by molar-refractivity contribution is 7.90. The van der Waals surface area contributed by atoms with Crippen LogP contribution in [0.2, 0.25) is 0 Å². The van der Waals surface area contributed by atoms with Crippen molar-refractivity contribution in [2.45, 2.75) is 38.0 Å². The Morgan fingerprint density at radius 3 is 2.18 bits per heavy atom. The fraction of sp³-hybridized carbons (Fsp3) is 0.400. The Morgan fingerprint density at radius 1 is 1.18 bits per heavy atom. The first-order valence-electron chi connectivity index (χ1n) is 6.79. The third-order valence-corrected chi connectivity index (χ3v) is 6.38. The second-order valence-corrected chi connectivity index (χ2v) is 8.75. The van der Waals surface area contributed by atoms with Gasteiger partial charge in [-0.25, -0.2) is 0 Å². The van der Waals surface area contributed by atoms with Gasteiger partial charge in [0, 0.05) is 17.6 Å². The van der Waals surface area contributed by atoms with Gasteiger partial charge in [-0.3, -0.25) is 0 Å². The molecule has 2 rings (SSSR count). The molecule has 0 spiro atoms. The molecule has 0 unspecified atom stereocenters. The van der Waals surface area contributed by atoms with Crippen molar-refractivity contribution >= 4 is 21.4 Å². The molecule has 0 saturated carbocycles. The topological polar surface area (TPSA) is 71.7 Å². The Kier molecular flexibility index (Phi) is 4.23. The zero-order valence-electron chi connectivity index (χ0n) is 13.3. The van der Waals surface area contributed by atoms with Gasteiger partial charge < -0.3 is 9.67 Å². The summed E-state index contributed by atoms with van der Waals surface area (Å²) in [5.74, 6) is 0.0199. The molecule has 0 radical (unpaired) electrons. The number of hydrogen-bond acceptors (Lipinski definition) is 4. The molecular weight excluding hydrogens is 320 g/mol. The second kappa shape index (κ2) is 5.55. The minimum absolute atomic E-state index is 0.0199. The van der Waals surface area contributed by atoms with Gasteiger partial charge in [0.1, 0.15) is 5.75 Å². The minimum atomic E-state index is -3.80. The Morgan fingerprint density at radius 2 is 1.73 bits per heavy atom. The van der Waals surface area contributed by atoms with E-state index < -0.39 is 10.0 Å². The van der Waals surface area contributed by atoms with Crippen LogP contribution in [-0.2, 0) is 22.5 Å². The lowest BCUT2D eigenvalue weighted by Crippen LogP contribution is -2.15. The zero-order chi connectivity index (χ0) is 16.7. The SMILES string of the molecule is Cc1c(C(C)(C)C)s/c(=N\S(=O)(=O)c2ccc(O)cc2)n1C. The molecule has 0 bridgehead atoms. The highest BCUT2D eigenvalue weighted by Crippen LogP contribution is 2.28. The minimum Gasteiger partial charge on any atom is -0.508 e. The highest BCUT2D eigenvalue weighted by atomic mass is 32.2. The summed E-state index contributed by atoms with van der Waals surface area (Å²) >= 11 is 1.39. The highest BCUT2D eigenvalue weighted by Gasteiger charge is 2.22. The maximum absolute atomic E-state index is 12.4. The Balaban J connectivity index is 2.61. The van der Waals surface area contributed by atoms with E-state index in [1.54, 1.807) is 4.57 Å². The van der Waals surface area contributed by atoms with Crippen LogP contribution in [0.5, 0.6) is 5.75 Å². The van der Waals surface area contributed by atoms with Crippen LogP contribution in [0.3, 0.4) is 0 Å². The van der Waals surface area contributed by atoms with E-state index in [-0.39, 0.29) is 16.1 Å². The summed E-state index contributed by atoms with van der Waals surface area (Å²) in [6.07, 6.45) is 0. The van der Waals surface area contributed by atoms with Gasteiger partial charge in [0.25, 0.3) is 10.0 Å². The summed E-state index contributed by atoms with van der Waals surface area (Å²) in [6.45, 7) is 8.22. The number of nitrogens with zero attached hydrogens (tertiary/aromatic N) is 2. The first-order valence-corrected chi connectivity index (χ1v) is 9.05. The largest absolute Gasteiger partial charge is 0.508 e. The maximum Gasteiger partial charge on any atom is 0.285 e. The van der Waals surface area contributed by atoms with Crippen molar-refractivity contribution in [3.63, 3.8) is 0 Å². The van der Waals surface area contributed by atoms with Crippen LogP contribution in [0.15, 0.2) is 33.6 Å². The summed E-state index contributed by atoms with van der Waals surface area (Å²) in [7, 11) is -1.99. The van der Waals surface area contributed by atoms with Crippen molar-refractivity contribution in [3.8, 4) is 5.75 Å². The van der Waals surface area contributed by atoms with E-state index in [2.05, 4.69) is 25.2 Å². The summed E-state index contributed by atoms with van der Waals surface area (Å²) < 4.78 is 30.5. The Labute approximate surface area is 134 Å². The van der Waals surface area contributed by atoms with Crippen molar-refractivity contribution < 1.29 is 13.5 Å². The van der Waals surface area contributed by atoms with E-state index in [1.165, 1.54) is 35.6 Å². The summed E-state index contributed by atoms with van der Waals surface area (Å²) in [5, 5.41) is 9.26. The van der Waals surface area contributed by atoms with Crippen LogP contribution in [-0.4, -0.2) is 18.1 Å². The van der Waals surface area contributed by atoms with E-state index in [4.69, 9.17) is 0 Å². The van der Waals surface area contributed by atoms with Gasteiger partial charge >= 0.3 is 0 Å². The van der Waals surface area contributed by atoms with Gasteiger partial charge in [0.2, 0.25) is 4.80 Å². The number of thiazole rings is 1. The number of sulfonamides is 1. The third kappa shape index (κ3) is 3.25. The number of phenolic OH excluding ortho intramolecular Hbond substituents is 1. The van der Waals surface area contributed by atoms with Crippen molar-refractivity contribution in [2.75, 3.05) is 0 Å². The van der Waals surface area contributed by atoms with Gasteiger partial charge in [-0.15, -0.1) is 15.7 Å². The van der Waals surface area contributed by atoms with E-state index in [0.29, 0.717) is 4.80 Å². The number of hydrogen-bond donors (Lipinski definition) is 1. The van der Waals surface area contributed by atoms with E-state index in [9.17, 15) is 13.5 Å². The third-order valence-electron chi connectivity index (χ3n) is 3.33. The van der Waals surface area contributed by atoms with Crippen LogP contribution in [0.25, 0.3) is 0 Å². The monoisotopic (exact) mass is 340 g/mol. The molecule has 1 aromatic heterocycles. The molecule has 0 aliphatic rings. The number of benzene rings is 1. The predicted octanol–water partition coefficient (Wildman–Crippen LogP) is 2.69. The molecule has 1 N–H and O–H groups in total.